The first-order chi connectivity index (χ1) is 8.70. The number of hydrogen-bond donors (Lipinski definition) is 1. The zero-order valence-electron chi connectivity index (χ0n) is 11.1. The van der Waals surface area contributed by atoms with Crippen molar-refractivity contribution in [2.45, 2.75) is 25.4 Å². The Kier molecular flexibility index (Phi) is 4.55. The van der Waals surface area contributed by atoms with Crippen LogP contribution in [0.15, 0.2) is 18.2 Å². The molecule has 3 nitrogen and oxygen atoms in total. The second-order valence-corrected chi connectivity index (χ2v) is 4.90. The topological polar surface area (TPSA) is 24.5 Å². The molecule has 1 aliphatic rings. The molecule has 1 aromatic carbocycles. The molecule has 1 saturated carbocycles. The van der Waals surface area contributed by atoms with E-state index in [1.807, 2.05) is 19.2 Å². The minimum absolute atomic E-state index is 0.248. The van der Waals surface area contributed by atoms with E-state index in [-0.39, 0.29) is 5.82 Å². The molecule has 1 aromatic rings. The lowest BCUT2D eigenvalue weighted by Gasteiger charge is -2.18. The molecule has 4 heteroatoms. The fourth-order valence-corrected chi connectivity index (χ4v) is 1.95. The maximum absolute atomic E-state index is 13.9. The lowest BCUT2D eigenvalue weighted by atomic mass is 10.2. The van der Waals surface area contributed by atoms with Gasteiger partial charge in [0, 0.05) is 31.2 Å². The fourth-order valence-electron chi connectivity index (χ4n) is 1.95. The van der Waals surface area contributed by atoms with Crippen LogP contribution in [0.4, 0.5) is 4.39 Å². The summed E-state index contributed by atoms with van der Waals surface area (Å²) >= 11 is 0. The van der Waals surface area contributed by atoms with Gasteiger partial charge >= 0.3 is 0 Å². The maximum atomic E-state index is 13.9. The summed E-state index contributed by atoms with van der Waals surface area (Å²) in [5, 5.41) is 3.45. The third-order valence-electron chi connectivity index (χ3n) is 3.21. The van der Waals surface area contributed by atoms with Gasteiger partial charge in [0.15, 0.2) is 11.6 Å². The van der Waals surface area contributed by atoms with E-state index in [0.717, 1.165) is 19.1 Å². The molecule has 0 spiro atoms. The molecule has 1 aliphatic carbocycles. The maximum Gasteiger partial charge on any atom is 0.169 e. The number of ether oxygens (including phenoxy) is 1. The number of halogens is 1. The van der Waals surface area contributed by atoms with Crippen LogP contribution in [0.2, 0.25) is 0 Å². The molecular formula is C14H21FN2O. The van der Waals surface area contributed by atoms with Crippen molar-refractivity contribution >= 4 is 0 Å². The van der Waals surface area contributed by atoms with Crippen molar-refractivity contribution in [2.75, 3.05) is 27.2 Å². The first-order valence-electron chi connectivity index (χ1n) is 6.44. The molecule has 100 valence electrons. The number of methoxy groups -OCH3 is 1. The van der Waals surface area contributed by atoms with Crippen molar-refractivity contribution in [3.05, 3.63) is 29.6 Å². The van der Waals surface area contributed by atoms with Crippen LogP contribution in [0.3, 0.4) is 0 Å². The molecule has 0 heterocycles. The molecule has 0 amide bonds. The molecular weight excluding hydrogens is 231 g/mol. The van der Waals surface area contributed by atoms with Crippen molar-refractivity contribution in [3.8, 4) is 5.75 Å². The third-order valence-corrected chi connectivity index (χ3v) is 3.21. The molecule has 1 N–H and O–H groups in total. The van der Waals surface area contributed by atoms with E-state index in [0.29, 0.717) is 17.9 Å². The Morgan fingerprint density at radius 1 is 1.44 bits per heavy atom. The summed E-state index contributed by atoms with van der Waals surface area (Å²) < 4.78 is 18.9. The molecule has 2 rings (SSSR count). The predicted octanol–water partition coefficient (Wildman–Crippen LogP) is 2.02. The molecule has 0 aliphatic heterocycles. The van der Waals surface area contributed by atoms with Crippen LogP contribution in [0.5, 0.6) is 5.75 Å². The lowest BCUT2D eigenvalue weighted by Crippen LogP contribution is -2.30. The van der Waals surface area contributed by atoms with Crippen molar-refractivity contribution in [2.24, 2.45) is 0 Å². The Balaban J connectivity index is 1.83. The van der Waals surface area contributed by atoms with Gasteiger partial charge in [-0.3, -0.25) is 0 Å². The van der Waals surface area contributed by atoms with E-state index in [1.54, 1.807) is 6.07 Å². The first kappa shape index (κ1) is 13.3. The van der Waals surface area contributed by atoms with Crippen LogP contribution < -0.4 is 10.1 Å². The van der Waals surface area contributed by atoms with Crippen LogP contribution in [-0.4, -0.2) is 38.2 Å². The summed E-state index contributed by atoms with van der Waals surface area (Å²) in [5.41, 5.74) is 0.684. The molecule has 0 aromatic heterocycles. The van der Waals surface area contributed by atoms with Crippen LogP contribution in [-0.2, 0) is 6.54 Å². The summed E-state index contributed by atoms with van der Waals surface area (Å²) in [6, 6.07) is 6.01. The Labute approximate surface area is 108 Å². The Bertz CT molecular complexity index is 393. The standard InChI is InChI=1S/C14H21FN2O/c1-17(9-8-16-12-6-7-12)10-11-4-3-5-13(18-2)14(11)15/h3-5,12,16H,6-10H2,1-2H3. The Morgan fingerprint density at radius 2 is 2.22 bits per heavy atom. The van der Waals surface area contributed by atoms with Gasteiger partial charge in [-0.25, -0.2) is 4.39 Å². The van der Waals surface area contributed by atoms with E-state index in [2.05, 4.69) is 10.2 Å². The summed E-state index contributed by atoms with van der Waals surface area (Å²) in [6.45, 7) is 2.50. The molecule has 0 bridgehead atoms. The van der Waals surface area contributed by atoms with E-state index in [9.17, 15) is 4.39 Å². The predicted molar refractivity (Wildman–Crippen MR) is 70.3 cm³/mol. The lowest BCUT2D eigenvalue weighted by molar-refractivity contribution is 0.314. The minimum atomic E-state index is -0.248. The highest BCUT2D eigenvalue weighted by molar-refractivity contribution is 5.30. The van der Waals surface area contributed by atoms with E-state index in [4.69, 9.17) is 4.74 Å². The zero-order chi connectivity index (χ0) is 13.0. The molecule has 0 atom stereocenters. The SMILES string of the molecule is COc1cccc(CN(C)CCNC2CC2)c1F. The summed E-state index contributed by atoms with van der Waals surface area (Å²) in [7, 11) is 3.50. The fraction of sp³-hybridized carbons (Fsp3) is 0.571. The van der Waals surface area contributed by atoms with E-state index in [1.165, 1.54) is 20.0 Å². The van der Waals surface area contributed by atoms with Gasteiger partial charge in [0.2, 0.25) is 0 Å². The van der Waals surface area contributed by atoms with E-state index < -0.39 is 0 Å². The van der Waals surface area contributed by atoms with Crippen LogP contribution >= 0.6 is 0 Å². The van der Waals surface area contributed by atoms with Gasteiger partial charge in [-0.2, -0.15) is 0 Å². The van der Waals surface area contributed by atoms with Crippen molar-refractivity contribution in [1.82, 2.24) is 10.2 Å². The molecule has 0 radical (unpaired) electrons. The Morgan fingerprint density at radius 3 is 2.89 bits per heavy atom. The molecule has 18 heavy (non-hydrogen) atoms. The average molecular weight is 252 g/mol. The van der Waals surface area contributed by atoms with Gasteiger partial charge in [0.25, 0.3) is 0 Å². The van der Waals surface area contributed by atoms with Gasteiger partial charge < -0.3 is 15.0 Å². The van der Waals surface area contributed by atoms with Gasteiger partial charge in [0.05, 0.1) is 7.11 Å². The van der Waals surface area contributed by atoms with Gasteiger partial charge in [0.1, 0.15) is 0 Å². The number of hydrogen-bond acceptors (Lipinski definition) is 3. The van der Waals surface area contributed by atoms with Crippen molar-refractivity contribution < 1.29 is 9.13 Å². The second-order valence-electron chi connectivity index (χ2n) is 4.90. The monoisotopic (exact) mass is 252 g/mol. The number of nitrogens with zero attached hydrogens (tertiary/aromatic N) is 1. The number of nitrogens with one attached hydrogen (secondary N) is 1. The Hall–Kier alpha value is -1.13. The number of likely N-dealkylation sites (N-methyl/N-ethyl adjacent to an activating group) is 1. The molecule has 0 unspecified atom stereocenters. The number of benzene rings is 1. The van der Waals surface area contributed by atoms with Gasteiger partial charge in [-0.1, -0.05) is 12.1 Å². The van der Waals surface area contributed by atoms with Crippen LogP contribution in [0, 0.1) is 5.82 Å². The molecule has 0 saturated heterocycles. The molecule has 1 fully saturated rings. The zero-order valence-corrected chi connectivity index (χ0v) is 11.1. The van der Waals surface area contributed by atoms with E-state index >= 15 is 0 Å². The first-order valence-corrected chi connectivity index (χ1v) is 6.44. The number of rotatable bonds is 7. The smallest absolute Gasteiger partial charge is 0.169 e. The third kappa shape index (κ3) is 3.68. The summed E-state index contributed by atoms with van der Waals surface area (Å²) in [5.74, 6) is 0.0685. The quantitative estimate of drug-likeness (QED) is 0.803. The van der Waals surface area contributed by atoms with Gasteiger partial charge in [-0.15, -0.1) is 0 Å². The van der Waals surface area contributed by atoms with Crippen molar-refractivity contribution in [3.63, 3.8) is 0 Å². The highest BCUT2D eigenvalue weighted by atomic mass is 19.1. The van der Waals surface area contributed by atoms with Crippen LogP contribution in [0.1, 0.15) is 18.4 Å². The summed E-state index contributed by atoms with van der Waals surface area (Å²) in [6.07, 6.45) is 2.60. The minimum Gasteiger partial charge on any atom is -0.494 e. The second kappa shape index (κ2) is 6.16. The highest BCUT2D eigenvalue weighted by Gasteiger charge is 2.19. The highest BCUT2D eigenvalue weighted by Crippen LogP contribution is 2.21. The normalized spacial score (nSPS) is 15.1. The van der Waals surface area contributed by atoms with Crippen molar-refractivity contribution in [1.29, 1.82) is 0 Å². The van der Waals surface area contributed by atoms with Crippen LogP contribution in [0.25, 0.3) is 0 Å². The largest absolute Gasteiger partial charge is 0.494 e. The van der Waals surface area contributed by atoms with Gasteiger partial charge in [-0.05, 0) is 26.0 Å². The summed E-state index contributed by atoms with van der Waals surface area (Å²) in [4.78, 5) is 2.12. The average Bonchev–Trinajstić information content (AvgIpc) is 3.16.